The van der Waals surface area contributed by atoms with Gasteiger partial charge in [0.25, 0.3) is 0 Å². The van der Waals surface area contributed by atoms with E-state index in [2.05, 4.69) is 15.9 Å². The molecule has 0 radical (unpaired) electrons. The Balaban J connectivity index is 2.49. The maximum absolute atomic E-state index is 13.9. The summed E-state index contributed by atoms with van der Waals surface area (Å²) in [5, 5.41) is 0.580. The highest BCUT2D eigenvalue weighted by atomic mass is 79.9. The van der Waals surface area contributed by atoms with Gasteiger partial charge in [-0.2, -0.15) is 0 Å². The minimum atomic E-state index is -0.736. The molecule has 0 aliphatic carbocycles. The summed E-state index contributed by atoms with van der Waals surface area (Å²) in [4.78, 5) is 0. The van der Waals surface area contributed by atoms with Gasteiger partial charge < -0.3 is 5.73 Å². The van der Waals surface area contributed by atoms with Crippen molar-refractivity contribution in [2.24, 2.45) is 5.73 Å². The largest absolute Gasteiger partial charge is 0.320 e. The molecule has 0 aliphatic heterocycles. The molecular weight excluding hydrogens is 336 g/mol. The summed E-state index contributed by atoms with van der Waals surface area (Å²) in [6, 6.07) is 6.59. The van der Waals surface area contributed by atoms with Crippen molar-refractivity contribution in [3.8, 4) is 0 Å². The lowest BCUT2D eigenvalue weighted by Crippen LogP contribution is -2.15. The monoisotopic (exact) mass is 345 g/mol. The molecule has 1 unspecified atom stereocenters. The first-order valence-electron chi connectivity index (χ1n) is 5.56. The molecule has 0 fully saturated rings. The summed E-state index contributed by atoms with van der Waals surface area (Å²) in [5.74, 6) is -1.09. The fraction of sp³-hybridized carbons (Fsp3) is 0.143. The van der Waals surface area contributed by atoms with Gasteiger partial charge in [0.05, 0.1) is 10.5 Å². The predicted molar refractivity (Wildman–Crippen MR) is 76.3 cm³/mol. The van der Waals surface area contributed by atoms with Crippen molar-refractivity contribution in [3.63, 3.8) is 0 Å². The van der Waals surface area contributed by atoms with E-state index in [0.717, 1.165) is 17.7 Å². The highest BCUT2D eigenvalue weighted by molar-refractivity contribution is 9.10. The van der Waals surface area contributed by atoms with Gasteiger partial charge in [-0.05, 0) is 58.2 Å². The first-order chi connectivity index (χ1) is 8.90. The van der Waals surface area contributed by atoms with Gasteiger partial charge in [-0.15, -0.1) is 0 Å². The van der Waals surface area contributed by atoms with Crippen molar-refractivity contribution >= 4 is 27.5 Å². The van der Waals surface area contributed by atoms with E-state index in [1.165, 1.54) is 0 Å². The molecule has 0 heterocycles. The second-order valence-corrected chi connectivity index (χ2v) is 5.56. The Morgan fingerprint density at radius 3 is 2.42 bits per heavy atom. The lowest BCUT2D eigenvalue weighted by molar-refractivity contribution is 0.572. The van der Waals surface area contributed by atoms with Crippen LogP contribution in [0.3, 0.4) is 0 Å². The van der Waals surface area contributed by atoms with Crippen LogP contribution in [-0.2, 0) is 0 Å². The van der Waals surface area contributed by atoms with Crippen molar-refractivity contribution in [2.75, 3.05) is 0 Å². The third-order valence-electron chi connectivity index (χ3n) is 2.94. The van der Waals surface area contributed by atoms with Crippen LogP contribution in [0.5, 0.6) is 0 Å². The SMILES string of the molecule is Cc1cc(Cl)ccc1C(N)c1cc(F)c(Br)cc1F. The summed E-state index contributed by atoms with van der Waals surface area (Å²) >= 11 is 8.80. The number of aryl methyl sites for hydroxylation is 1. The molecule has 0 amide bonds. The van der Waals surface area contributed by atoms with Crippen molar-refractivity contribution in [1.29, 1.82) is 0 Å². The second kappa shape index (κ2) is 5.57. The molecule has 0 saturated heterocycles. The topological polar surface area (TPSA) is 26.0 Å². The summed E-state index contributed by atoms with van der Waals surface area (Å²) in [7, 11) is 0. The molecule has 2 N–H and O–H groups in total. The van der Waals surface area contributed by atoms with E-state index in [0.29, 0.717) is 10.6 Å². The van der Waals surface area contributed by atoms with Gasteiger partial charge >= 0.3 is 0 Å². The highest BCUT2D eigenvalue weighted by Gasteiger charge is 2.18. The molecule has 2 aromatic carbocycles. The quantitative estimate of drug-likeness (QED) is 0.781. The minimum absolute atomic E-state index is 0.0776. The first kappa shape index (κ1) is 14.4. The molecule has 0 aliphatic rings. The van der Waals surface area contributed by atoms with Crippen LogP contribution in [0.15, 0.2) is 34.8 Å². The average Bonchev–Trinajstić information content (AvgIpc) is 2.33. The molecule has 100 valence electrons. The zero-order valence-electron chi connectivity index (χ0n) is 10.1. The van der Waals surface area contributed by atoms with Gasteiger partial charge in [0.15, 0.2) is 0 Å². The molecule has 2 rings (SSSR count). The Labute approximate surface area is 123 Å². The van der Waals surface area contributed by atoms with Crippen LogP contribution in [0.25, 0.3) is 0 Å². The molecule has 5 heteroatoms. The minimum Gasteiger partial charge on any atom is -0.320 e. The maximum Gasteiger partial charge on any atom is 0.137 e. The van der Waals surface area contributed by atoms with Crippen LogP contribution in [0.1, 0.15) is 22.7 Å². The van der Waals surface area contributed by atoms with E-state index < -0.39 is 17.7 Å². The summed E-state index contributed by atoms with van der Waals surface area (Å²) in [5.41, 5.74) is 7.69. The molecule has 2 aromatic rings. The zero-order chi connectivity index (χ0) is 14.2. The Morgan fingerprint density at radius 1 is 1.11 bits per heavy atom. The lowest BCUT2D eigenvalue weighted by Gasteiger charge is -2.16. The Morgan fingerprint density at radius 2 is 1.79 bits per heavy atom. The number of hydrogen-bond acceptors (Lipinski definition) is 1. The number of benzene rings is 2. The number of rotatable bonds is 2. The van der Waals surface area contributed by atoms with E-state index in [9.17, 15) is 8.78 Å². The third kappa shape index (κ3) is 2.96. The van der Waals surface area contributed by atoms with E-state index in [1.54, 1.807) is 18.2 Å². The second-order valence-electron chi connectivity index (χ2n) is 4.27. The molecule has 1 atom stereocenters. The van der Waals surface area contributed by atoms with Crippen LogP contribution < -0.4 is 5.73 Å². The fourth-order valence-electron chi connectivity index (χ4n) is 1.93. The van der Waals surface area contributed by atoms with Gasteiger partial charge in [-0.25, -0.2) is 8.78 Å². The maximum atomic E-state index is 13.9. The molecule has 1 nitrogen and oxygen atoms in total. The Hall–Kier alpha value is -0.970. The summed E-state index contributed by atoms with van der Waals surface area (Å²) in [6.45, 7) is 1.83. The number of nitrogens with two attached hydrogens (primary N) is 1. The van der Waals surface area contributed by atoms with Crippen LogP contribution in [0, 0.1) is 18.6 Å². The van der Waals surface area contributed by atoms with Crippen LogP contribution >= 0.6 is 27.5 Å². The van der Waals surface area contributed by atoms with Gasteiger partial charge in [-0.3, -0.25) is 0 Å². The zero-order valence-corrected chi connectivity index (χ0v) is 12.4. The van der Waals surface area contributed by atoms with Crippen LogP contribution in [0.2, 0.25) is 5.02 Å². The smallest absolute Gasteiger partial charge is 0.137 e. The molecule has 0 bridgehead atoms. The first-order valence-corrected chi connectivity index (χ1v) is 6.73. The van der Waals surface area contributed by atoms with Crippen molar-refractivity contribution in [2.45, 2.75) is 13.0 Å². The molecule has 0 saturated carbocycles. The van der Waals surface area contributed by atoms with Crippen molar-refractivity contribution in [3.05, 3.63) is 68.2 Å². The summed E-state index contributed by atoms with van der Waals surface area (Å²) < 4.78 is 27.5. The molecule has 0 spiro atoms. The van der Waals surface area contributed by atoms with Gasteiger partial charge in [0.2, 0.25) is 0 Å². The van der Waals surface area contributed by atoms with E-state index >= 15 is 0 Å². The van der Waals surface area contributed by atoms with Gasteiger partial charge in [0, 0.05) is 10.6 Å². The van der Waals surface area contributed by atoms with Gasteiger partial charge in [-0.1, -0.05) is 17.7 Å². The van der Waals surface area contributed by atoms with E-state index in [-0.39, 0.29) is 10.0 Å². The fourth-order valence-corrected chi connectivity index (χ4v) is 2.47. The molecule has 19 heavy (non-hydrogen) atoms. The predicted octanol–water partition coefficient (Wildman–Crippen LogP) is 4.74. The Kier molecular flexibility index (Phi) is 4.23. The highest BCUT2D eigenvalue weighted by Crippen LogP contribution is 2.29. The molecular formula is C14H11BrClF2N. The van der Waals surface area contributed by atoms with Crippen LogP contribution in [-0.4, -0.2) is 0 Å². The summed E-state index contributed by atoms with van der Waals surface area (Å²) in [6.07, 6.45) is 0. The standard InChI is InChI=1S/C14H11BrClF2N/c1-7-4-8(16)2-3-9(7)14(19)10-5-13(18)11(15)6-12(10)17/h2-6,14H,19H2,1H3. The normalized spacial score (nSPS) is 12.5. The Bertz CT molecular complexity index is 631. The lowest BCUT2D eigenvalue weighted by atomic mass is 9.95. The number of halogens is 4. The average molecular weight is 347 g/mol. The van der Waals surface area contributed by atoms with Crippen molar-refractivity contribution < 1.29 is 8.78 Å². The van der Waals surface area contributed by atoms with Crippen LogP contribution in [0.4, 0.5) is 8.78 Å². The molecule has 0 aromatic heterocycles. The van der Waals surface area contributed by atoms with Gasteiger partial charge in [0.1, 0.15) is 11.6 Å². The van der Waals surface area contributed by atoms with Crippen molar-refractivity contribution in [1.82, 2.24) is 0 Å². The third-order valence-corrected chi connectivity index (χ3v) is 3.78. The number of hydrogen-bond donors (Lipinski definition) is 1. The van der Waals surface area contributed by atoms with E-state index in [4.69, 9.17) is 17.3 Å². The van der Waals surface area contributed by atoms with E-state index in [1.807, 2.05) is 6.92 Å².